The van der Waals surface area contributed by atoms with Crippen LogP contribution in [0.1, 0.15) is 18.9 Å². The van der Waals surface area contributed by atoms with Crippen LogP contribution in [0.25, 0.3) is 0 Å². The highest BCUT2D eigenvalue weighted by atomic mass is 32.2. The SMILES string of the molecule is CC1CCN(S(=O)(=O)CCc2ccncc2)CC1O. The fourth-order valence-corrected chi connectivity index (χ4v) is 3.71. The highest BCUT2D eigenvalue weighted by Gasteiger charge is 2.31. The molecule has 6 heteroatoms. The number of pyridine rings is 1. The van der Waals surface area contributed by atoms with Gasteiger partial charge >= 0.3 is 0 Å². The molecule has 1 fully saturated rings. The average molecular weight is 284 g/mol. The molecule has 1 N–H and O–H groups in total. The summed E-state index contributed by atoms with van der Waals surface area (Å²) in [5.41, 5.74) is 0.963. The number of β-amino-alcohol motifs (C(OH)–C–C–N with tert-alkyl or cyclic N) is 1. The van der Waals surface area contributed by atoms with Crippen LogP contribution in [0.3, 0.4) is 0 Å². The van der Waals surface area contributed by atoms with E-state index < -0.39 is 16.1 Å². The van der Waals surface area contributed by atoms with Gasteiger partial charge in [0.25, 0.3) is 0 Å². The molecule has 5 nitrogen and oxygen atoms in total. The minimum atomic E-state index is -3.28. The monoisotopic (exact) mass is 284 g/mol. The Hall–Kier alpha value is -0.980. The largest absolute Gasteiger partial charge is 0.391 e. The van der Waals surface area contributed by atoms with Crippen molar-refractivity contribution < 1.29 is 13.5 Å². The van der Waals surface area contributed by atoms with E-state index in [1.807, 2.05) is 19.1 Å². The lowest BCUT2D eigenvalue weighted by atomic mass is 9.98. The maximum absolute atomic E-state index is 12.2. The summed E-state index contributed by atoms with van der Waals surface area (Å²) >= 11 is 0. The first-order chi connectivity index (χ1) is 8.99. The van der Waals surface area contributed by atoms with Gasteiger partial charge in [0.1, 0.15) is 0 Å². The van der Waals surface area contributed by atoms with Crippen LogP contribution < -0.4 is 0 Å². The van der Waals surface area contributed by atoms with Gasteiger partial charge in [0.15, 0.2) is 0 Å². The summed E-state index contributed by atoms with van der Waals surface area (Å²) in [5.74, 6) is 0.254. The molecule has 1 aliphatic rings. The van der Waals surface area contributed by atoms with Crippen LogP contribution in [0.2, 0.25) is 0 Å². The molecular weight excluding hydrogens is 264 g/mol. The van der Waals surface area contributed by atoms with Crippen molar-refractivity contribution in [1.29, 1.82) is 0 Å². The van der Waals surface area contributed by atoms with Crippen LogP contribution in [0.4, 0.5) is 0 Å². The van der Waals surface area contributed by atoms with E-state index in [0.717, 1.165) is 12.0 Å². The molecule has 2 rings (SSSR count). The van der Waals surface area contributed by atoms with Gasteiger partial charge in [-0.05, 0) is 36.5 Å². The molecule has 2 heterocycles. The van der Waals surface area contributed by atoms with Crippen molar-refractivity contribution in [2.24, 2.45) is 5.92 Å². The van der Waals surface area contributed by atoms with E-state index in [1.165, 1.54) is 4.31 Å². The zero-order valence-electron chi connectivity index (χ0n) is 11.1. The number of piperidine rings is 1. The number of rotatable bonds is 4. The van der Waals surface area contributed by atoms with Gasteiger partial charge in [0.2, 0.25) is 10.0 Å². The summed E-state index contributed by atoms with van der Waals surface area (Å²) in [6, 6.07) is 3.64. The van der Waals surface area contributed by atoms with Crippen molar-refractivity contribution in [1.82, 2.24) is 9.29 Å². The Bertz CT molecular complexity index is 504. The Morgan fingerprint density at radius 1 is 1.42 bits per heavy atom. The van der Waals surface area contributed by atoms with E-state index in [-0.39, 0.29) is 18.2 Å². The summed E-state index contributed by atoms with van der Waals surface area (Å²) in [4.78, 5) is 3.90. The molecule has 1 saturated heterocycles. The summed E-state index contributed by atoms with van der Waals surface area (Å²) in [6.45, 7) is 2.68. The van der Waals surface area contributed by atoms with E-state index >= 15 is 0 Å². The fraction of sp³-hybridized carbons (Fsp3) is 0.615. The first-order valence-electron chi connectivity index (χ1n) is 6.54. The molecule has 1 aromatic rings. The fourth-order valence-electron chi connectivity index (χ4n) is 2.20. The summed E-state index contributed by atoms with van der Waals surface area (Å²) in [6.07, 6.45) is 3.97. The molecule has 0 saturated carbocycles. The van der Waals surface area contributed by atoms with Gasteiger partial charge in [-0.2, -0.15) is 4.31 Å². The van der Waals surface area contributed by atoms with Gasteiger partial charge < -0.3 is 5.11 Å². The van der Waals surface area contributed by atoms with Crippen molar-refractivity contribution in [3.63, 3.8) is 0 Å². The van der Waals surface area contributed by atoms with E-state index in [0.29, 0.717) is 13.0 Å². The lowest BCUT2D eigenvalue weighted by Crippen LogP contribution is -2.46. The van der Waals surface area contributed by atoms with E-state index in [9.17, 15) is 13.5 Å². The zero-order valence-corrected chi connectivity index (χ0v) is 11.9. The van der Waals surface area contributed by atoms with Gasteiger partial charge in [-0.3, -0.25) is 4.98 Å². The number of hydrogen-bond donors (Lipinski definition) is 1. The second kappa shape index (κ2) is 5.98. The van der Waals surface area contributed by atoms with Crippen LogP contribution in [-0.4, -0.2) is 47.8 Å². The number of aliphatic hydroxyl groups excluding tert-OH is 1. The summed E-state index contributed by atoms with van der Waals surface area (Å²) in [7, 11) is -3.28. The minimum absolute atomic E-state index is 0.0815. The predicted molar refractivity (Wildman–Crippen MR) is 73.1 cm³/mol. The van der Waals surface area contributed by atoms with Gasteiger partial charge in [-0.25, -0.2) is 8.42 Å². The molecule has 0 radical (unpaired) electrons. The van der Waals surface area contributed by atoms with Crippen molar-refractivity contribution in [3.8, 4) is 0 Å². The smallest absolute Gasteiger partial charge is 0.214 e. The standard InChI is InChI=1S/C13H20N2O3S/c1-11-4-8-15(10-13(11)16)19(17,18)9-5-12-2-6-14-7-3-12/h2-3,6-7,11,13,16H,4-5,8-10H2,1H3. The van der Waals surface area contributed by atoms with Crippen molar-refractivity contribution in [2.75, 3.05) is 18.8 Å². The molecule has 0 aromatic carbocycles. The molecule has 0 bridgehead atoms. The third kappa shape index (κ3) is 3.75. The predicted octanol–water partition coefficient (Wildman–Crippen LogP) is 0.657. The van der Waals surface area contributed by atoms with Gasteiger partial charge in [0, 0.05) is 25.5 Å². The Kier molecular flexibility index (Phi) is 4.54. The van der Waals surface area contributed by atoms with Crippen LogP contribution >= 0.6 is 0 Å². The molecule has 0 amide bonds. The first-order valence-corrected chi connectivity index (χ1v) is 8.15. The molecular formula is C13H20N2O3S. The average Bonchev–Trinajstić information content (AvgIpc) is 2.41. The van der Waals surface area contributed by atoms with Crippen molar-refractivity contribution >= 4 is 10.0 Å². The van der Waals surface area contributed by atoms with Crippen LogP contribution in [0.5, 0.6) is 0 Å². The highest BCUT2D eigenvalue weighted by Crippen LogP contribution is 2.20. The second-order valence-electron chi connectivity index (χ2n) is 5.11. The van der Waals surface area contributed by atoms with E-state index in [2.05, 4.69) is 4.98 Å². The Morgan fingerprint density at radius 3 is 2.74 bits per heavy atom. The number of aliphatic hydroxyl groups is 1. The van der Waals surface area contributed by atoms with Gasteiger partial charge in [-0.15, -0.1) is 0 Å². The van der Waals surface area contributed by atoms with E-state index in [4.69, 9.17) is 0 Å². The maximum atomic E-state index is 12.2. The Balaban J connectivity index is 1.95. The van der Waals surface area contributed by atoms with Crippen LogP contribution in [0, 0.1) is 5.92 Å². The molecule has 2 atom stereocenters. The molecule has 106 valence electrons. The molecule has 2 unspecified atom stereocenters. The van der Waals surface area contributed by atoms with Crippen LogP contribution in [0.15, 0.2) is 24.5 Å². The molecule has 19 heavy (non-hydrogen) atoms. The number of aromatic nitrogens is 1. The lowest BCUT2D eigenvalue weighted by Gasteiger charge is -2.33. The zero-order chi connectivity index (χ0) is 13.9. The number of nitrogens with zero attached hydrogens (tertiary/aromatic N) is 2. The van der Waals surface area contributed by atoms with Gasteiger partial charge in [-0.1, -0.05) is 6.92 Å². The third-order valence-electron chi connectivity index (χ3n) is 3.67. The Labute approximate surface area is 114 Å². The minimum Gasteiger partial charge on any atom is -0.391 e. The molecule has 1 aliphatic heterocycles. The number of sulfonamides is 1. The molecule has 0 aliphatic carbocycles. The second-order valence-corrected chi connectivity index (χ2v) is 7.20. The normalized spacial score (nSPS) is 25.4. The van der Waals surface area contributed by atoms with Crippen LogP contribution in [-0.2, 0) is 16.4 Å². The third-order valence-corrected chi connectivity index (χ3v) is 5.51. The number of aryl methyl sites for hydroxylation is 1. The van der Waals surface area contributed by atoms with Crippen molar-refractivity contribution in [2.45, 2.75) is 25.9 Å². The molecule has 1 aromatic heterocycles. The molecule has 0 spiro atoms. The first kappa shape index (κ1) is 14.4. The van der Waals surface area contributed by atoms with Crippen molar-refractivity contribution in [3.05, 3.63) is 30.1 Å². The lowest BCUT2D eigenvalue weighted by molar-refractivity contribution is 0.0605. The Morgan fingerprint density at radius 2 is 2.11 bits per heavy atom. The summed E-state index contributed by atoms with van der Waals surface area (Å²) < 4.78 is 25.8. The highest BCUT2D eigenvalue weighted by molar-refractivity contribution is 7.89. The van der Waals surface area contributed by atoms with E-state index in [1.54, 1.807) is 12.4 Å². The quantitative estimate of drug-likeness (QED) is 0.881. The maximum Gasteiger partial charge on any atom is 0.214 e. The number of hydrogen-bond acceptors (Lipinski definition) is 4. The summed E-state index contributed by atoms with van der Waals surface area (Å²) in [5, 5.41) is 9.78. The topological polar surface area (TPSA) is 70.5 Å². The van der Waals surface area contributed by atoms with Gasteiger partial charge in [0.05, 0.1) is 11.9 Å².